The van der Waals surface area contributed by atoms with Crippen molar-refractivity contribution in [3.05, 3.63) is 59.8 Å². The third-order valence-corrected chi connectivity index (χ3v) is 4.21. The van der Waals surface area contributed by atoms with Crippen LogP contribution in [0.15, 0.2) is 48.7 Å². The number of fused-ring (bicyclic) bond motifs is 1. The van der Waals surface area contributed by atoms with Gasteiger partial charge in [0.05, 0.1) is 23.8 Å². The highest BCUT2D eigenvalue weighted by molar-refractivity contribution is 6.10. The van der Waals surface area contributed by atoms with E-state index in [4.69, 9.17) is 10.5 Å². The Balaban J connectivity index is 1.95. The number of likely N-dealkylation sites (N-methyl/N-ethyl adjacent to an activating group) is 1. The third-order valence-electron chi connectivity index (χ3n) is 4.21. The van der Waals surface area contributed by atoms with Gasteiger partial charge in [0, 0.05) is 37.0 Å². The molecule has 0 saturated heterocycles. The first kappa shape index (κ1) is 17.8. The highest BCUT2D eigenvalue weighted by Crippen LogP contribution is 2.19. The topological polar surface area (TPSA) is 81.3 Å². The van der Waals surface area contributed by atoms with Crippen molar-refractivity contribution in [1.29, 1.82) is 0 Å². The molecular formula is C20H22N4O2. The summed E-state index contributed by atoms with van der Waals surface area (Å²) in [5.41, 5.74) is 8.91. The van der Waals surface area contributed by atoms with Gasteiger partial charge in [-0.25, -0.2) is 4.98 Å². The minimum absolute atomic E-state index is 0.0851. The Hall–Kier alpha value is -2.99. The van der Waals surface area contributed by atoms with Crippen molar-refractivity contribution in [3.8, 4) is 0 Å². The van der Waals surface area contributed by atoms with Gasteiger partial charge < -0.3 is 15.4 Å². The van der Waals surface area contributed by atoms with E-state index in [2.05, 4.69) is 21.8 Å². The number of ether oxygens (including phenoxy) is 1. The smallest absolute Gasteiger partial charge is 0.193 e. The highest BCUT2D eigenvalue weighted by Gasteiger charge is 2.12. The van der Waals surface area contributed by atoms with Gasteiger partial charge in [0.15, 0.2) is 5.78 Å². The zero-order valence-electron chi connectivity index (χ0n) is 15.0. The molecule has 0 unspecified atom stereocenters. The Labute approximate surface area is 152 Å². The molecule has 3 aromatic rings. The summed E-state index contributed by atoms with van der Waals surface area (Å²) in [6.07, 6.45) is 1.75. The normalized spacial score (nSPS) is 10.8. The van der Waals surface area contributed by atoms with E-state index in [1.165, 1.54) is 0 Å². The van der Waals surface area contributed by atoms with E-state index in [9.17, 15) is 4.79 Å². The van der Waals surface area contributed by atoms with E-state index in [-0.39, 0.29) is 5.78 Å². The van der Waals surface area contributed by atoms with Gasteiger partial charge in [-0.2, -0.15) is 0 Å². The van der Waals surface area contributed by atoms with E-state index in [1.807, 2.05) is 6.07 Å². The maximum atomic E-state index is 12.7. The predicted octanol–water partition coefficient (Wildman–Crippen LogP) is 2.92. The molecule has 0 amide bonds. The fraction of sp³-hybridized carbons (Fsp3) is 0.250. The summed E-state index contributed by atoms with van der Waals surface area (Å²) in [5.74, 6) is 0.684. The molecule has 0 fully saturated rings. The molecule has 1 aromatic heterocycles. The molecule has 0 atom stereocenters. The molecule has 0 aliphatic heterocycles. The van der Waals surface area contributed by atoms with E-state index >= 15 is 0 Å². The fourth-order valence-corrected chi connectivity index (χ4v) is 2.78. The van der Waals surface area contributed by atoms with Crippen molar-refractivity contribution >= 4 is 28.3 Å². The Morgan fingerprint density at radius 3 is 2.69 bits per heavy atom. The molecule has 3 rings (SSSR count). The monoisotopic (exact) mass is 350 g/mol. The molecule has 26 heavy (non-hydrogen) atoms. The summed E-state index contributed by atoms with van der Waals surface area (Å²) in [6.45, 7) is 4.20. The lowest BCUT2D eigenvalue weighted by Gasteiger charge is -2.21. The van der Waals surface area contributed by atoms with Crippen LogP contribution in [0.4, 0.5) is 11.5 Å². The largest absolute Gasteiger partial charge is 0.399 e. The minimum Gasteiger partial charge on any atom is -0.399 e. The minimum atomic E-state index is -0.0851. The van der Waals surface area contributed by atoms with Crippen LogP contribution in [0.5, 0.6) is 0 Å². The van der Waals surface area contributed by atoms with Gasteiger partial charge in [-0.3, -0.25) is 9.78 Å². The van der Waals surface area contributed by atoms with Gasteiger partial charge in [-0.1, -0.05) is 12.1 Å². The number of carbonyl (C=O) groups excluding carboxylic acids is 1. The predicted molar refractivity (Wildman–Crippen MR) is 104 cm³/mol. The summed E-state index contributed by atoms with van der Waals surface area (Å²) in [5, 5.41) is 0. The summed E-state index contributed by atoms with van der Waals surface area (Å²) >= 11 is 0. The van der Waals surface area contributed by atoms with E-state index in [0.717, 1.165) is 24.4 Å². The van der Waals surface area contributed by atoms with Gasteiger partial charge in [0.2, 0.25) is 0 Å². The van der Waals surface area contributed by atoms with Crippen LogP contribution in [-0.4, -0.2) is 42.6 Å². The van der Waals surface area contributed by atoms with Crippen LogP contribution in [0.1, 0.15) is 22.8 Å². The van der Waals surface area contributed by atoms with Gasteiger partial charge >= 0.3 is 0 Å². The number of ketones is 1. The maximum absolute atomic E-state index is 12.7. The number of nitrogens with zero attached hydrogens (tertiary/aromatic N) is 3. The van der Waals surface area contributed by atoms with Crippen molar-refractivity contribution < 1.29 is 9.53 Å². The zero-order chi connectivity index (χ0) is 18.5. The molecule has 6 nitrogen and oxygen atoms in total. The van der Waals surface area contributed by atoms with Crippen molar-refractivity contribution in [2.75, 3.05) is 37.4 Å². The Morgan fingerprint density at radius 1 is 1.15 bits per heavy atom. The van der Waals surface area contributed by atoms with Crippen LogP contribution in [0.3, 0.4) is 0 Å². The molecule has 134 valence electrons. The molecule has 0 radical (unpaired) electrons. The lowest BCUT2D eigenvalue weighted by atomic mass is 10.0. The first-order valence-corrected chi connectivity index (χ1v) is 8.53. The van der Waals surface area contributed by atoms with Crippen LogP contribution >= 0.6 is 0 Å². The summed E-state index contributed by atoms with van der Waals surface area (Å²) < 4.78 is 5.15. The average molecular weight is 350 g/mol. The van der Waals surface area contributed by atoms with Crippen molar-refractivity contribution in [2.24, 2.45) is 0 Å². The quantitative estimate of drug-likeness (QED) is 0.521. The number of hydrogen-bond donors (Lipinski definition) is 1. The van der Waals surface area contributed by atoms with Gasteiger partial charge in [0.25, 0.3) is 0 Å². The Bertz CT molecular complexity index is 927. The van der Waals surface area contributed by atoms with Gasteiger partial charge in [0.1, 0.15) is 5.82 Å². The molecule has 0 saturated carbocycles. The van der Waals surface area contributed by atoms with Gasteiger partial charge in [-0.15, -0.1) is 0 Å². The van der Waals surface area contributed by atoms with Crippen LogP contribution < -0.4 is 10.6 Å². The first-order valence-electron chi connectivity index (χ1n) is 8.53. The van der Waals surface area contributed by atoms with Crippen molar-refractivity contribution in [1.82, 2.24) is 9.97 Å². The standard InChI is InChI=1S/C20H22N4O2/c1-3-24(9-10-26-2)19-13-22-17-8-7-15(12-18(17)23-19)20(25)14-5-4-6-16(21)11-14/h4-8,11-13H,3,9-10,21H2,1-2H3. The second kappa shape index (κ2) is 7.93. The maximum Gasteiger partial charge on any atom is 0.193 e. The van der Waals surface area contributed by atoms with E-state index in [1.54, 1.807) is 49.7 Å². The molecule has 0 aliphatic carbocycles. The number of benzene rings is 2. The average Bonchev–Trinajstić information content (AvgIpc) is 2.67. The number of carbonyl (C=O) groups is 1. The molecule has 6 heteroatoms. The second-order valence-corrected chi connectivity index (χ2v) is 5.96. The van der Waals surface area contributed by atoms with Crippen molar-refractivity contribution in [3.63, 3.8) is 0 Å². The highest BCUT2D eigenvalue weighted by atomic mass is 16.5. The van der Waals surface area contributed by atoms with Crippen LogP contribution in [0, 0.1) is 0 Å². The Morgan fingerprint density at radius 2 is 1.96 bits per heavy atom. The lowest BCUT2D eigenvalue weighted by Crippen LogP contribution is -2.27. The number of anilines is 2. The second-order valence-electron chi connectivity index (χ2n) is 5.96. The number of rotatable bonds is 7. The van der Waals surface area contributed by atoms with Crippen LogP contribution in [0.2, 0.25) is 0 Å². The molecule has 2 aromatic carbocycles. The molecule has 2 N–H and O–H groups in total. The van der Waals surface area contributed by atoms with Gasteiger partial charge in [-0.05, 0) is 37.3 Å². The number of aromatic nitrogens is 2. The zero-order valence-corrected chi connectivity index (χ0v) is 15.0. The molecule has 0 spiro atoms. The Kier molecular flexibility index (Phi) is 5.43. The van der Waals surface area contributed by atoms with Crippen LogP contribution in [-0.2, 0) is 4.74 Å². The number of hydrogen-bond acceptors (Lipinski definition) is 6. The first-order chi connectivity index (χ1) is 12.6. The molecule has 0 aliphatic rings. The number of nitrogens with two attached hydrogens (primary N) is 1. The summed E-state index contributed by atoms with van der Waals surface area (Å²) in [6, 6.07) is 12.3. The lowest BCUT2D eigenvalue weighted by molar-refractivity contribution is 0.103. The molecular weight excluding hydrogens is 328 g/mol. The molecule has 0 bridgehead atoms. The van der Waals surface area contributed by atoms with Crippen molar-refractivity contribution in [2.45, 2.75) is 6.92 Å². The number of nitrogen functional groups attached to an aromatic ring is 1. The van der Waals surface area contributed by atoms with Crippen LogP contribution in [0.25, 0.3) is 11.0 Å². The third kappa shape index (κ3) is 3.81. The van der Waals surface area contributed by atoms with E-state index in [0.29, 0.717) is 28.9 Å². The molecule has 1 heterocycles. The summed E-state index contributed by atoms with van der Waals surface area (Å²) in [7, 11) is 1.67. The fourth-order valence-electron chi connectivity index (χ4n) is 2.78. The SMILES string of the molecule is CCN(CCOC)c1cnc2ccc(C(=O)c3cccc(N)c3)cc2n1. The summed E-state index contributed by atoms with van der Waals surface area (Å²) in [4.78, 5) is 24.0. The number of methoxy groups -OCH3 is 1. The van der Waals surface area contributed by atoms with E-state index < -0.39 is 0 Å².